The molecule has 0 fully saturated rings. The first-order chi connectivity index (χ1) is 6.22. The molecule has 0 saturated heterocycles. The van der Waals surface area contributed by atoms with Crippen molar-refractivity contribution in [3.8, 4) is 6.19 Å². The van der Waals surface area contributed by atoms with Gasteiger partial charge in [-0.25, -0.2) is 0 Å². The molecule has 13 heavy (non-hydrogen) atoms. The normalized spacial score (nSPS) is 8.92. The number of hydrogen-bond acceptors (Lipinski definition) is 2. The van der Waals surface area contributed by atoms with E-state index in [1.807, 2.05) is 18.2 Å². The second kappa shape index (κ2) is 4.80. The van der Waals surface area contributed by atoms with Gasteiger partial charge in [0.25, 0.3) is 0 Å². The number of halogens is 1. The van der Waals surface area contributed by atoms with E-state index in [1.165, 1.54) is 0 Å². The molecule has 0 spiro atoms. The summed E-state index contributed by atoms with van der Waals surface area (Å²) in [5, 5.41) is 11.4. The fourth-order valence-electron chi connectivity index (χ4n) is 0.939. The van der Waals surface area contributed by atoms with E-state index in [9.17, 15) is 0 Å². The minimum Gasteiger partial charge on any atom is -0.286 e. The molecule has 4 heteroatoms. The van der Waals surface area contributed by atoms with Gasteiger partial charge >= 0.3 is 0 Å². The first-order valence-electron chi connectivity index (χ1n) is 3.65. The molecular weight excluding hydrogens is 204 g/mol. The second-order valence-corrected chi connectivity index (χ2v) is 3.40. The first-order valence-corrected chi connectivity index (χ1v) is 4.43. The van der Waals surface area contributed by atoms with Crippen LogP contribution >= 0.6 is 23.8 Å². The minimum absolute atomic E-state index is 0.504. The third-order valence-corrected chi connectivity index (χ3v) is 1.93. The molecule has 1 aromatic rings. The minimum atomic E-state index is 0.504. The monoisotopic (exact) mass is 210 g/mol. The molecule has 1 rings (SSSR count). The smallest absolute Gasteiger partial charge is 0.181 e. The maximum Gasteiger partial charge on any atom is 0.181 e. The quantitative estimate of drug-likeness (QED) is 0.462. The van der Waals surface area contributed by atoms with Gasteiger partial charge in [0.2, 0.25) is 0 Å². The zero-order valence-corrected chi connectivity index (χ0v) is 8.32. The molecule has 0 aromatic heterocycles. The van der Waals surface area contributed by atoms with Crippen LogP contribution in [0, 0.1) is 11.5 Å². The van der Waals surface area contributed by atoms with Gasteiger partial charge in [0.15, 0.2) is 6.19 Å². The Hall–Kier alpha value is -1.11. The van der Waals surface area contributed by atoms with E-state index in [2.05, 4.69) is 5.32 Å². The van der Waals surface area contributed by atoms with Crippen LogP contribution in [0.4, 0.5) is 0 Å². The van der Waals surface area contributed by atoms with Crippen LogP contribution in [0.3, 0.4) is 0 Å². The summed E-state index contributed by atoms with van der Waals surface area (Å²) in [6.07, 6.45) is 2.32. The Morgan fingerprint density at radius 3 is 3.00 bits per heavy atom. The molecule has 1 N–H and O–H groups in total. The molecule has 0 bridgehead atoms. The molecule has 0 atom stereocenters. The second-order valence-electron chi connectivity index (χ2n) is 2.47. The van der Waals surface area contributed by atoms with Crippen LogP contribution in [0.25, 0.3) is 0 Å². The van der Waals surface area contributed by atoms with Crippen molar-refractivity contribution in [2.45, 2.75) is 6.42 Å². The highest BCUT2D eigenvalue weighted by Gasteiger charge is 1.98. The lowest BCUT2D eigenvalue weighted by Gasteiger charge is -2.01. The van der Waals surface area contributed by atoms with Gasteiger partial charge in [-0.3, -0.25) is 5.32 Å². The number of rotatable bonds is 2. The van der Waals surface area contributed by atoms with Crippen molar-refractivity contribution >= 4 is 28.8 Å². The van der Waals surface area contributed by atoms with E-state index in [0.29, 0.717) is 16.4 Å². The number of nitriles is 1. The fourth-order valence-corrected chi connectivity index (χ4v) is 1.36. The predicted octanol–water partition coefficient (Wildman–Crippen LogP) is 2.28. The van der Waals surface area contributed by atoms with Crippen LogP contribution in [-0.4, -0.2) is 4.99 Å². The van der Waals surface area contributed by atoms with Crippen molar-refractivity contribution in [3.05, 3.63) is 34.9 Å². The van der Waals surface area contributed by atoms with Crippen LogP contribution < -0.4 is 5.32 Å². The predicted molar refractivity (Wildman–Crippen MR) is 56.5 cm³/mol. The largest absolute Gasteiger partial charge is 0.286 e. The molecule has 0 aliphatic heterocycles. The van der Waals surface area contributed by atoms with Crippen LogP contribution in [0.1, 0.15) is 5.56 Å². The lowest BCUT2D eigenvalue weighted by molar-refractivity contribution is 1.21. The van der Waals surface area contributed by atoms with E-state index < -0.39 is 0 Å². The number of nitrogens with zero attached hydrogens (tertiary/aromatic N) is 1. The van der Waals surface area contributed by atoms with Crippen LogP contribution in [0.15, 0.2) is 24.3 Å². The summed E-state index contributed by atoms with van der Waals surface area (Å²) >= 11 is 10.7. The standard InChI is InChI=1S/C9H7ClN2S/c10-8-3-1-2-7(4-8)5-9(13)12-6-11/h1-4H,5H2,(H,12,13). The average Bonchev–Trinajstić information content (AvgIpc) is 2.04. The van der Waals surface area contributed by atoms with Gasteiger partial charge in [-0.2, -0.15) is 5.26 Å². The molecule has 0 amide bonds. The third-order valence-electron chi connectivity index (χ3n) is 1.45. The SMILES string of the molecule is N#CNC(=S)Cc1cccc(Cl)c1. The van der Waals surface area contributed by atoms with Crippen molar-refractivity contribution < 1.29 is 0 Å². The summed E-state index contributed by atoms with van der Waals surface area (Å²) in [5.41, 5.74) is 1.00. The van der Waals surface area contributed by atoms with E-state index in [4.69, 9.17) is 29.1 Å². The van der Waals surface area contributed by atoms with E-state index in [-0.39, 0.29) is 0 Å². The molecule has 0 saturated carbocycles. The first kappa shape index (κ1) is 9.97. The Bertz CT molecular complexity index is 357. The summed E-state index contributed by atoms with van der Waals surface area (Å²) in [6.45, 7) is 0. The number of nitrogens with one attached hydrogen (secondary N) is 1. The van der Waals surface area contributed by atoms with E-state index in [0.717, 1.165) is 5.56 Å². The zero-order chi connectivity index (χ0) is 9.68. The van der Waals surface area contributed by atoms with Crippen LogP contribution in [0.2, 0.25) is 5.02 Å². The maximum atomic E-state index is 8.29. The van der Waals surface area contributed by atoms with Gasteiger partial charge < -0.3 is 0 Å². The highest BCUT2D eigenvalue weighted by atomic mass is 35.5. The summed E-state index contributed by atoms with van der Waals surface area (Å²) in [4.78, 5) is 0.504. The van der Waals surface area contributed by atoms with E-state index in [1.54, 1.807) is 12.3 Å². The molecule has 0 unspecified atom stereocenters. The molecular formula is C9H7ClN2S. The van der Waals surface area contributed by atoms with Crippen molar-refractivity contribution in [3.63, 3.8) is 0 Å². The Balaban J connectivity index is 2.65. The molecule has 0 aliphatic rings. The summed E-state index contributed by atoms with van der Waals surface area (Å²) in [6, 6.07) is 7.39. The topological polar surface area (TPSA) is 35.8 Å². The van der Waals surface area contributed by atoms with Crippen molar-refractivity contribution in [2.24, 2.45) is 0 Å². The average molecular weight is 211 g/mol. The highest BCUT2D eigenvalue weighted by Crippen LogP contribution is 2.11. The Kier molecular flexibility index (Phi) is 3.69. The van der Waals surface area contributed by atoms with Gasteiger partial charge in [0, 0.05) is 11.4 Å². The molecule has 1 aromatic carbocycles. The highest BCUT2D eigenvalue weighted by molar-refractivity contribution is 7.80. The molecule has 0 aliphatic carbocycles. The van der Waals surface area contributed by atoms with Gasteiger partial charge in [-0.15, -0.1) is 0 Å². The molecule has 0 heterocycles. The number of thiocarbonyl (C=S) groups is 1. The number of hydrogen-bond donors (Lipinski definition) is 1. The fraction of sp³-hybridized carbons (Fsp3) is 0.111. The lowest BCUT2D eigenvalue weighted by atomic mass is 10.1. The lowest BCUT2D eigenvalue weighted by Crippen LogP contribution is -2.17. The van der Waals surface area contributed by atoms with Crippen LogP contribution in [0.5, 0.6) is 0 Å². The third kappa shape index (κ3) is 3.41. The van der Waals surface area contributed by atoms with Crippen LogP contribution in [-0.2, 0) is 6.42 Å². The summed E-state index contributed by atoms with van der Waals surface area (Å²) in [7, 11) is 0. The Morgan fingerprint density at radius 1 is 1.62 bits per heavy atom. The Labute approximate surface area is 87.1 Å². The Morgan fingerprint density at radius 2 is 2.38 bits per heavy atom. The van der Waals surface area contributed by atoms with Crippen molar-refractivity contribution in [1.29, 1.82) is 5.26 Å². The molecule has 66 valence electrons. The van der Waals surface area contributed by atoms with Crippen molar-refractivity contribution in [1.82, 2.24) is 5.32 Å². The van der Waals surface area contributed by atoms with E-state index >= 15 is 0 Å². The zero-order valence-electron chi connectivity index (χ0n) is 6.75. The van der Waals surface area contributed by atoms with Gasteiger partial charge in [0.1, 0.15) is 0 Å². The summed E-state index contributed by atoms with van der Waals surface area (Å²) in [5.74, 6) is 0. The van der Waals surface area contributed by atoms with Gasteiger partial charge in [-0.1, -0.05) is 36.0 Å². The van der Waals surface area contributed by atoms with Crippen molar-refractivity contribution in [2.75, 3.05) is 0 Å². The number of benzene rings is 1. The maximum absolute atomic E-state index is 8.29. The van der Waals surface area contributed by atoms with Gasteiger partial charge in [0.05, 0.1) is 4.99 Å². The molecule has 0 radical (unpaired) electrons. The summed E-state index contributed by atoms with van der Waals surface area (Å²) < 4.78 is 0. The van der Waals surface area contributed by atoms with Gasteiger partial charge in [-0.05, 0) is 17.7 Å². The molecule has 2 nitrogen and oxygen atoms in total.